The number of amides is 1. The molecule has 2 rings (SSSR count). The van der Waals surface area contributed by atoms with E-state index in [0.717, 1.165) is 17.9 Å². The Morgan fingerprint density at radius 2 is 1.96 bits per heavy atom. The number of nitro benzene ring substituents is 1. The lowest BCUT2D eigenvalue weighted by Gasteiger charge is -2.14. The first-order valence-corrected chi connectivity index (χ1v) is 8.18. The minimum absolute atomic E-state index is 0.0505. The second-order valence-corrected chi connectivity index (χ2v) is 5.84. The summed E-state index contributed by atoms with van der Waals surface area (Å²) in [4.78, 5) is 35.0. The first-order valence-electron chi connectivity index (χ1n) is 8.18. The van der Waals surface area contributed by atoms with Crippen LogP contribution in [0.1, 0.15) is 35.6 Å². The summed E-state index contributed by atoms with van der Waals surface area (Å²) in [6.07, 6.45) is -1.10. The number of hydrogen-bond acceptors (Lipinski definition) is 5. The SMILES string of the molecule is CCn1c(C)cc(C(=O)O[C@H](C)C(=O)Nc2ccccc2[N+](=O)[O-])c1C. The molecule has 0 aliphatic rings. The third kappa shape index (κ3) is 3.90. The van der Waals surface area contributed by atoms with E-state index in [0.29, 0.717) is 5.56 Å². The van der Waals surface area contributed by atoms with E-state index in [1.165, 1.54) is 25.1 Å². The molecule has 1 amide bonds. The molecule has 8 heteroatoms. The van der Waals surface area contributed by atoms with Crippen molar-refractivity contribution in [2.75, 3.05) is 5.32 Å². The van der Waals surface area contributed by atoms with E-state index in [2.05, 4.69) is 5.32 Å². The van der Waals surface area contributed by atoms with Gasteiger partial charge < -0.3 is 14.6 Å². The zero-order chi connectivity index (χ0) is 19.4. The molecule has 0 saturated carbocycles. The first kappa shape index (κ1) is 19.2. The molecule has 1 N–H and O–H groups in total. The third-order valence-corrected chi connectivity index (χ3v) is 4.12. The van der Waals surface area contributed by atoms with E-state index in [-0.39, 0.29) is 11.4 Å². The summed E-state index contributed by atoms with van der Waals surface area (Å²) < 4.78 is 7.20. The Kier molecular flexibility index (Phi) is 5.76. The quantitative estimate of drug-likeness (QED) is 0.484. The summed E-state index contributed by atoms with van der Waals surface area (Å²) >= 11 is 0. The number of nitro groups is 1. The van der Waals surface area contributed by atoms with Crippen molar-refractivity contribution in [3.05, 3.63) is 57.4 Å². The van der Waals surface area contributed by atoms with Crippen LogP contribution in [0.5, 0.6) is 0 Å². The fraction of sp³-hybridized carbons (Fsp3) is 0.333. The van der Waals surface area contributed by atoms with Gasteiger partial charge in [0.25, 0.3) is 11.6 Å². The maximum Gasteiger partial charge on any atom is 0.340 e. The molecular formula is C18H21N3O5. The highest BCUT2D eigenvalue weighted by Crippen LogP contribution is 2.23. The summed E-state index contributed by atoms with van der Waals surface area (Å²) in [5.74, 6) is -1.25. The molecule has 0 saturated heterocycles. The molecule has 1 atom stereocenters. The lowest BCUT2D eigenvalue weighted by molar-refractivity contribution is -0.383. The third-order valence-electron chi connectivity index (χ3n) is 4.12. The number of rotatable bonds is 6. The number of esters is 1. The van der Waals surface area contributed by atoms with E-state index in [1.807, 2.05) is 25.3 Å². The highest BCUT2D eigenvalue weighted by Gasteiger charge is 2.24. The van der Waals surface area contributed by atoms with Crippen molar-refractivity contribution >= 4 is 23.3 Å². The number of aryl methyl sites for hydroxylation is 1. The Hall–Kier alpha value is -3.16. The van der Waals surface area contributed by atoms with Gasteiger partial charge in [0.2, 0.25) is 0 Å². The van der Waals surface area contributed by atoms with Crippen molar-refractivity contribution in [3.8, 4) is 0 Å². The molecule has 1 heterocycles. The lowest BCUT2D eigenvalue weighted by Crippen LogP contribution is -2.30. The van der Waals surface area contributed by atoms with Crippen LogP contribution in [-0.4, -0.2) is 27.5 Å². The van der Waals surface area contributed by atoms with Crippen LogP contribution in [0.2, 0.25) is 0 Å². The second kappa shape index (κ2) is 7.81. The van der Waals surface area contributed by atoms with E-state index < -0.39 is 22.9 Å². The Morgan fingerprint density at radius 1 is 1.31 bits per heavy atom. The number of para-hydroxylation sites is 2. The molecule has 8 nitrogen and oxygen atoms in total. The van der Waals surface area contributed by atoms with Crippen molar-refractivity contribution in [2.24, 2.45) is 0 Å². The minimum Gasteiger partial charge on any atom is -0.449 e. The molecule has 0 bridgehead atoms. The molecule has 1 aromatic carbocycles. The molecule has 0 unspecified atom stereocenters. The van der Waals surface area contributed by atoms with Crippen LogP contribution >= 0.6 is 0 Å². The van der Waals surface area contributed by atoms with Crippen LogP contribution in [0.25, 0.3) is 0 Å². The molecular weight excluding hydrogens is 338 g/mol. The summed E-state index contributed by atoms with van der Waals surface area (Å²) in [6, 6.07) is 7.48. The lowest BCUT2D eigenvalue weighted by atomic mass is 10.2. The van der Waals surface area contributed by atoms with Crippen LogP contribution in [0.3, 0.4) is 0 Å². The van der Waals surface area contributed by atoms with E-state index in [4.69, 9.17) is 4.74 Å². The van der Waals surface area contributed by atoms with Gasteiger partial charge in [0.15, 0.2) is 6.10 Å². The number of nitrogens with zero attached hydrogens (tertiary/aromatic N) is 2. The molecule has 0 radical (unpaired) electrons. The largest absolute Gasteiger partial charge is 0.449 e. The van der Waals surface area contributed by atoms with Gasteiger partial charge in [0.1, 0.15) is 5.69 Å². The summed E-state index contributed by atoms with van der Waals surface area (Å²) in [5, 5.41) is 13.4. The van der Waals surface area contributed by atoms with Crippen LogP contribution in [-0.2, 0) is 16.1 Å². The topological polar surface area (TPSA) is 103 Å². The van der Waals surface area contributed by atoms with Gasteiger partial charge in [-0.25, -0.2) is 4.79 Å². The number of carbonyl (C=O) groups excluding carboxylic acids is 2. The number of carbonyl (C=O) groups is 2. The molecule has 0 fully saturated rings. The molecule has 0 aliphatic heterocycles. The zero-order valence-electron chi connectivity index (χ0n) is 15.1. The maximum atomic E-state index is 12.4. The van der Waals surface area contributed by atoms with Gasteiger partial charge in [0, 0.05) is 24.0 Å². The number of nitrogens with one attached hydrogen (secondary N) is 1. The molecule has 138 valence electrons. The Bertz CT molecular complexity index is 857. The predicted molar refractivity (Wildman–Crippen MR) is 96.2 cm³/mol. The Balaban J connectivity index is 2.10. The molecule has 0 spiro atoms. The maximum absolute atomic E-state index is 12.4. The van der Waals surface area contributed by atoms with Crippen molar-refractivity contribution in [2.45, 2.75) is 40.3 Å². The van der Waals surface area contributed by atoms with Crippen LogP contribution < -0.4 is 5.32 Å². The zero-order valence-corrected chi connectivity index (χ0v) is 15.1. The fourth-order valence-corrected chi connectivity index (χ4v) is 2.74. The van der Waals surface area contributed by atoms with Gasteiger partial charge >= 0.3 is 5.97 Å². The van der Waals surface area contributed by atoms with Gasteiger partial charge in [-0.15, -0.1) is 0 Å². The van der Waals surface area contributed by atoms with Crippen LogP contribution in [0, 0.1) is 24.0 Å². The molecule has 0 aliphatic carbocycles. The highest BCUT2D eigenvalue weighted by atomic mass is 16.6. The predicted octanol–water partition coefficient (Wildman–Crippen LogP) is 3.22. The van der Waals surface area contributed by atoms with Crippen molar-refractivity contribution < 1.29 is 19.2 Å². The minimum atomic E-state index is -1.10. The summed E-state index contributed by atoms with van der Waals surface area (Å²) in [5.41, 5.74) is 1.91. The first-order chi connectivity index (χ1) is 12.3. The van der Waals surface area contributed by atoms with Crippen molar-refractivity contribution in [3.63, 3.8) is 0 Å². The van der Waals surface area contributed by atoms with E-state index >= 15 is 0 Å². The standard InChI is InChI=1S/C18H21N3O5/c1-5-20-11(2)10-14(12(20)3)18(23)26-13(4)17(22)19-15-8-6-7-9-16(15)21(24)25/h6-10,13H,5H2,1-4H3,(H,19,22)/t13-/m1/s1. The average Bonchev–Trinajstić information content (AvgIpc) is 2.88. The van der Waals surface area contributed by atoms with Crippen LogP contribution in [0.4, 0.5) is 11.4 Å². The highest BCUT2D eigenvalue weighted by molar-refractivity contribution is 5.99. The second-order valence-electron chi connectivity index (χ2n) is 5.84. The van der Waals surface area contributed by atoms with E-state index in [9.17, 15) is 19.7 Å². The van der Waals surface area contributed by atoms with E-state index in [1.54, 1.807) is 12.1 Å². The smallest absolute Gasteiger partial charge is 0.340 e. The molecule has 26 heavy (non-hydrogen) atoms. The average molecular weight is 359 g/mol. The van der Waals surface area contributed by atoms with Gasteiger partial charge in [-0.3, -0.25) is 14.9 Å². The number of hydrogen-bond donors (Lipinski definition) is 1. The number of aromatic nitrogens is 1. The summed E-state index contributed by atoms with van der Waals surface area (Å²) in [6.45, 7) is 7.81. The van der Waals surface area contributed by atoms with Crippen molar-refractivity contribution in [1.29, 1.82) is 0 Å². The Morgan fingerprint density at radius 3 is 2.54 bits per heavy atom. The monoisotopic (exact) mass is 359 g/mol. The number of benzene rings is 1. The number of anilines is 1. The Labute approximate surface area is 150 Å². The van der Waals surface area contributed by atoms with Gasteiger partial charge in [-0.1, -0.05) is 12.1 Å². The fourth-order valence-electron chi connectivity index (χ4n) is 2.74. The van der Waals surface area contributed by atoms with Gasteiger partial charge in [-0.2, -0.15) is 0 Å². The molecule has 1 aromatic heterocycles. The van der Waals surface area contributed by atoms with Crippen LogP contribution in [0.15, 0.2) is 30.3 Å². The molecule has 2 aromatic rings. The van der Waals surface area contributed by atoms with Gasteiger partial charge in [0.05, 0.1) is 10.5 Å². The number of ether oxygens (including phenoxy) is 1. The van der Waals surface area contributed by atoms with Gasteiger partial charge in [-0.05, 0) is 39.8 Å². The normalized spacial score (nSPS) is 11.7. The summed E-state index contributed by atoms with van der Waals surface area (Å²) in [7, 11) is 0. The van der Waals surface area contributed by atoms with Crippen molar-refractivity contribution in [1.82, 2.24) is 4.57 Å².